The molecule has 1 aliphatic rings. The zero-order valence-corrected chi connectivity index (χ0v) is 11.7. The molecule has 5 nitrogen and oxygen atoms in total. The Morgan fingerprint density at radius 1 is 1.58 bits per heavy atom. The molecule has 0 spiro atoms. The number of hydrogen-bond acceptors (Lipinski definition) is 4. The fourth-order valence-corrected chi connectivity index (χ4v) is 2.02. The molecule has 0 aromatic carbocycles. The molecule has 1 aliphatic carbocycles. The Labute approximate surface area is 113 Å². The number of aliphatic hydroxyl groups is 1. The van der Waals surface area contributed by atoms with Gasteiger partial charge in [0.05, 0.1) is 5.60 Å². The molecule has 1 atom stereocenters. The zero-order valence-electron chi connectivity index (χ0n) is 11.7. The van der Waals surface area contributed by atoms with Gasteiger partial charge < -0.3 is 15.3 Å². The lowest BCUT2D eigenvalue weighted by atomic mass is 10.0. The first-order valence-electron chi connectivity index (χ1n) is 6.54. The number of carbonyl (C=O) groups excluding carboxylic acids is 1. The van der Waals surface area contributed by atoms with Gasteiger partial charge in [0.1, 0.15) is 5.69 Å². The molecule has 5 heteroatoms. The number of rotatable bonds is 5. The number of hydrogen-bond donors (Lipinski definition) is 2. The summed E-state index contributed by atoms with van der Waals surface area (Å²) in [6, 6.07) is 3.51. The van der Waals surface area contributed by atoms with Crippen LogP contribution in [0.2, 0.25) is 0 Å². The minimum Gasteiger partial charge on any atom is -0.388 e. The van der Waals surface area contributed by atoms with E-state index in [2.05, 4.69) is 10.3 Å². The van der Waals surface area contributed by atoms with Crippen LogP contribution in [0, 0.1) is 5.92 Å². The first kappa shape index (κ1) is 13.8. The molecule has 1 saturated carbocycles. The van der Waals surface area contributed by atoms with Gasteiger partial charge in [-0.15, -0.1) is 0 Å². The summed E-state index contributed by atoms with van der Waals surface area (Å²) in [4.78, 5) is 17.4. The van der Waals surface area contributed by atoms with Crippen LogP contribution < -0.4 is 5.32 Å². The average Bonchev–Trinajstić information content (AvgIpc) is 3.20. The molecule has 1 unspecified atom stereocenters. The van der Waals surface area contributed by atoms with Crippen molar-refractivity contribution >= 4 is 11.6 Å². The summed E-state index contributed by atoms with van der Waals surface area (Å²) in [5.74, 6) is 0.266. The standard InChI is InChI=1S/C14H21N3O2/c1-14(19,10-4-5-10)9-16-11-6-7-15-12(8-11)13(18)17(2)3/h6-8,10,19H,4-5,9H2,1-3H3,(H,15,16). The van der Waals surface area contributed by atoms with Crippen LogP contribution in [-0.2, 0) is 0 Å². The van der Waals surface area contributed by atoms with Crippen LogP contribution in [0.5, 0.6) is 0 Å². The summed E-state index contributed by atoms with van der Waals surface area (Å²) in [5, 5.41) is 13.4. The molecule has 0 bridgehead atoms. The van der Waals surface area contributed by atoms with Crippen molar-refractivity contribution in [2.75, 3.05) is 26.0 Å². The average molecular weight is 263 g/mol. The van der Waals surface area contributed by atoms with E-state index >= 15 is 0 Å². The van der Waals surface area contributed by atoms with Gasteiger partial charge in [-0.25, -0.2) is 0 Å². The monoisotopic (exact) mass is 263 g/mol. The Kier molecular flexibility index (Phi) is 3.75. The number of amides is 1. The lowest BCUT2D eigenvalue weighted by Gasteiger charge is -2.24. The van der Waals surface area contributed by atoms with E-state index in [1.807, 2.05) is 6.92 Å². The van der Waals surface area contributed by atoms with Gasteiger partial charge in [-0.1, -0.05) is 0 Å². The molecule has 0 aliphatic heterocycles. The van der Waals surface area contributed by atoms with E-state index in [0.29, 0.717) is 18.2 Å². The third kappa shape index (κ3) is 3.44. The van der Waals surface area contributed by atoms with E-state index in [0.717, 1.165) is 18.5 Å². The second-order valence-corrected chi connectivity index (χ2v) is 5.61. The molecule has 0 saturated heterocycles. The number of anilines is 1. The van der Waals surface area contributed by atoms with Gasteiger partial charge in [-0.3, -0.25) is 9.78 Å². The predicted molar refractivity (Wildman–Crippen MR) is 74.1 cm³/mol. The Bertz CT molecular complexity index is 468. The number of pyridine rings is 1. The second-order valence-electron chi connectivity index (χ2n) is 5.61. The van der Waals surface area contributed by atoms with Crippen molar-refractivity contribution < 1.29 is 9.90 Å². The molecular weight excluding hydrogens is 242 g/mol. The lowest BCUT2D eigenvalue weighted by molar-refractivity contribution is 0.0503. The number of nitrogens with zero attached hydrogens (tertiary/aromatic N) is 2. The quantitative estimate of drug-likeness (QED) is 0.841. The summed E-state index contributed by atoms with van der Waals surface area (Å²) in [5.41, 5.74) is 0.525. The SMILES string of the molecule is CN(C)C(=O)c1cc(NCC(C)(O)C2CC2)ccn1. The van der Waals surface area contributed by atoms with E-state index in [-0.39, 0.29) is 5.91 Å². The molecule has 1 amide bonds. The van der Waals surface area contributed by atoms with Crippen molar-refractivity contribution in [1.29, 1.82) is 0 Å². The summed E-state index contributed by atoms with van der Waals surface area (Å²) in [7, 11) is 3.39. The van der Waals surface area contributed by atoms with Crippen molar-refractivity contribution in [2.24, 2.45) is 5.92 Å². The highest BCUT2D eigenvalue weighted by atomic mass is 16.3. The second kappa shape index (κ2) is 5.17. The van der Waals surface area contributed by atoms with Crippen LogP contribution in [0.4, 0.5) is 5.69 Å². The lowest BCUT2D eigenvalue weighted by Crippen LogP contribution is -2.35. The summed E-state index contributed by atoms with van der Waals surface area (Å²) >= 11 is 0. The molecule has 2 rings (SSSR count). The molecule has 0 radical (unpaired) electrons. The first-order valence-corrected chi connectivity index (χ1v) is 6.54. The van der Waals surface area contributed by atoms with Gasteiger partial charge in [-0.05, 0) is 37.8 Å². The fourth-order valence-electron chi connectivity index (χ4n) is 2.02. The topological polar surface area (TPSA) is 65.5 Å². The molecule has 1 heterocycles. The maximum Gasteiger partial charge on any atom is 0.272 e. The molecule has 1 aromatic heterocycles. The molecule has 19 heavy (non-hydrogen) atoms. The Hall–Kier alpha value is -1.62. The Morgan fingerprint density at radius 3 is 2.84 bits per heavy atom. The number of nitrogens with one attached hydrogen (secondary N) is 1. The van der Waals surface area contributed by atoms with E-state index in [1.54, 1.807) is 32.4 Å². The van der Waals surface area contributed by atoms with E-state index in [4.69, 9.17) is 0 Å². The highest BCUT2D eigenvalue weighted by molar-refractivity contribution is 5.92. The predicted octanol–water partition coefficient (Wildman–Crippen LogP) is 1.36. The third-order valence-corrected chi connectivity index (χ3v) is 3.49. The van der Waals surface area contributed by atoms with Crippen LogP contribution in [-0.4, -0.2) is 47.1 Å². The van der Waals surface area contributed by atoms with Crippen molar-refractivity contribution in [3.05, 3.63) is 24.0 Å². The molecule has 2 N–H and O–H groups in total. The number of carbonyl (C=O) groups is 1. The van der Waals surface area contributed by atoms with Gasteiger partial charge in [0.25, 0.3) is 5.91 Å². The van der Waals surface area contributed by atoms with Gasteiger partial charge in [0.15, 0.2) is 0 Å². The van der Waals surface area contributed by atoms with Crippen LogP contribution in [0.25, 0.3) is 0 Å². The fraction of sp³-hybridized carbons (Fsp3) is 0.571. The van der Waals surface area contributed by atoms with Gasteiger partial charge >= 0.3 is 0 Å². The van der Waals surface area contributed by atoms with E-state index < -0.39 is 5.60 Å². The van der Waals surface area contributed by atoms with Gasteiger partial charge in [-0.2, -0.15) is 0 Å². The zero-order chi connectivity index (χ0) is 14.0. The van der Waals surface area contributed by atoms with Crippen LogP contribution in [0.1, 0.15) is 30.3 Å². The summed E-state index contributed by atoms with van der Waals surface area (Å²) < 4.78 is 0. The highest BCUT2D eigenvalue weighted by Gasteiger charge is 2.39. The minimum atomic E-state index is -0.686. The van der Waals surface area contributed by atoms with Crippen LogP contribution in [0.15, 0.2) is 18.3 Å². The van der Waals surface area contributed by atoms with Crippen molar-refractivity contribution in [2.45, 2.75) is 25.4 Å². The maximum atomic E-state index is 11.8. The van der Waals surface area contributed by atoms with E-state index in [9.17, 15) is 9.90 Å². The first-order chi connectivity index (χ1) is 8.90. The van der Waals surface area contributed by atoms with Gasteiger partial charge in [0, 0.05) is 32.5 Å². The normalized spacial score (nSPS) is 17.7. The summed E-state index contributed by atoms with van der Waals surface area (Å²) in [6.45, 7) is 2.34. The van der Waals surface area contributed by atoms with E-state index in [1.165, 1.54) is 4.90 Å². The molecule has 1 aromatic rings. The largest absolute Gasteiger partial charge is 0.388 e. The highest BCUT2D eigenvalue weighted by Crippen LogP contribution is 2.39. The Morgan fingerprint density at radius 2 is 2.26 bits per heavy atom. The Balaban J connectivity index is 2.01. The van der Waals surface area contributed by atoms with Crippen molar-refractivity contribution in [1.82, 2.24) is 9.88 Å². The number of aromatic nitrogens is 1. The molecule has 104 valence electrons. The van der Waals surface area contributed by atoms with Crippen molar-refractivity contribution in [3.8, 4) is 0 Å². The van der Waals surface area contributed by atoms with Gasteiger partial charge in [0.2, 0.25) is 0 Å². The smallest absolute Gasteiger partial charge is 0.272 e. The summed E-state index contributed by atoms with van der Waals surface area (Å²) in [6.07, 6.45) is 3.79. The molecular formula is C14H21N3O2. The third-order valence-electron chi connectivity index (χ3n) is 3.49. The molecule has 1 fully saturated rings. The maximum absolute atomic E-state index is 11.8. The van der Waals surface area contributed by atoms with Crippen LogP contribution >= 0.6 is 0 Å². The minimum absolute atomic E-state index is 0.127. The van der Waals surface area contributed by atoms with Crippen molar-refractivity contribution in [3.63, 3.8) is 0 Å². The van der Waals surface area contributed by atoms with Crippen LogP contribution in [0.3, 0.4) is 0 Å².